The van der Waals surface area contributed by atoms with E-state index in [1.54, 1.807) is 4.68 Å². The molecule has 0 amide bonds. The lowest BCUT2D eigenvalue weighted by atomic mass is 10.1. The third-order valence-electron chi connectivity index (χ3n) is 2.67. The summed E-state index contributed by atoms with van der Waals surface area (Å²) in [4.78, 5) is 0. The van der Waals surface area contributed by atoms with Crippen molar-refractivity contribution in [1.82, 2.24) is 9.78 Å². The number of nitrogens with zero attached hydrogens (tertiary/aromatic N) is 3. The average Bonchev–Trinajstić information content (AvgIpc) is 2.65. The number of halogens is 2. The molecule has 98 valence electrons. The van der Waals surface area contributed by atoms with Crippen LogP contribution in [-0.2, 0) is 6.42 Å². The number of nitriles is 1. The molecule has 1 aromatic heterocycles. The Bertz CT molecular complexity index is 641. The van der Waals surface area contributed by atoms with Gasteiger partial charge in [0.2, 0.25) is 0 Å². The number of hydrogen-bond donors (Lipinski definition) is 0. The third kappa shape index (κ3) is 2.99. The summed E-state index contributed by atoms with van der Waals surface area (Å²) < 4.78 is 2.56. The maximum atomic E-state index is 9.23. The number of benzene rings is 1. The van der Waals surface area contributed by atoms with Gasteiger partial charge in [0, 0.05) is 4.47 Å². The highest BCUT2D eigenvalue weighted by molar-refractivity contribution is 9.10. The molecule has 0 saturated carbocycles. The molecule has 2 aromatic rings. The molecule has 19 heavy (non-hydrogen) atoms. The van der Waals surface area contributed by atoms with Crippen LogP contribution in [0.1, 0.15) is 25.1 Å². The minimum absolute atomic E-state index is 0.372. The molecule has 5 heteroatoms. The van der Waals surface area contributed by atoms with E-state index < -0.39 is 0 Å². The minimum Gasteiger partial charge on any atom is -0.220 e. The fourth-order valence-electron chi connectivity index (χ4n) is 1.86. The van der Waals surface area contributed by atoms with Crippen LogP contribution in [0.2, 0.25) is 5.15 Å². The van der Waals surface area contributed by atoms with Crippen molar-refractivity contribution >= 4 is 27.5 Å². The van der Waals surface area contributed by atoms with Gasteiger partial charge in [-0.1, -0.05) is 47.4 Å². The summed E-state index contributed by atoms with van der Waals surface area (Å²) in [6.07, 6.45) is 0.740. The molecule has 0 fully saturated rings. The second-order valence-corrected chi connectivity index (χ2v) is 5.99. The predicted molar refractivity (Wildman–Crippen MR) is 79.5 cm³/mol. The van der Waals surface area contributed by atoms with Gasteiger partial charge in [0.15, 0.2) is 5.15 Å². The van der Waals surface area contributed by atoms with Crippen molar-refractivity contribution < 1.29 is 0 Å². The molecule has 0 spiro atoms. The Balaban J connectivity index is 2.54. The van der Waals surface area contributed by atoms with Crippen LogP contribution >= 0.6 is 27.5 Å². The normalized spacial score (nSPS) is 10.7. The van der Waals surface area contributed by atoms with Crippen LogP contribution in [0.3, 0.4) is 0 Å². The third-order valence-corrected chi connectivity index (χ3v) is 3.51. The van der Waals surface area contributed by atoms with Crippen molar-refractivity contribution in [3.63, 3.8) is 0 Å². The van der Waals surface area contributed by atoms with Crippen LogP contribution in [0.15, 0.2) is 28.7 Å². The van der Waals surface area contributed by atoms with E-state index in [0.717, 1.165) is 22.3 Å². The molecule has 0 saturated heterocycles. The molecule has 0 aliphatic heterocycles. The van der Waals surface area contributed by atoms with E-state index in [1.165, 1.54) is 0 Å². The molecule has 0 radical (unpaired) electrons. The summed E-state index contributed by atoms with van der Waals surface area (Å²) >= 11 is 9.68. The lowest BCUT2D eigenvalue weighted by Crippen LogP contribution is -2.00. The van der Waals surface area contributed by atoms with E-state index in [2.05, 4.69) is 40.9 Å². The van der Waals surface area contributed by atoms with Gasteiger partial charge < -0.3 is 0 Å². The van der Waals surface area contributed by atoms with E-state index in [1.807, 2.05) is 24.3 Å². The van der Waals surface area contributed by atoms with Gasteiger partial charge in [0.1, 0.15) is 11.6 Å². The lowest BCUT2D eigenvalue weighted by molar-refractivity contribution is 0.627. The Labute approximate surface area is 125 Å². The minimum atomic E-state index is 0.372. The molecule has 0 unspecified atom stereocenters. The molecule has 2 rings (SSSR count). The summed E-state index contributed by atoms with van der Waals surface area (Å²) in [5, 5.41) is 14.1. The highest BCUT2D eigenvalue weighted by atomic mass is 79.9. The maximum Gasteiger partial charge on any atom is 0.150 e. The van der Waals surface area contributed by atoms with E-state index in [4.69, 9.17) is 11.6 Å². The highest BCUT2D eigenvalue weighted by Crippen LogP contribution is 2.26. The van der Waals surface area contributed by atoms with Gasteiger partial charge in [-0.25, -0.2) is 4.68 Å². The van der Waals surface area contributed by atoms with Crippen molar-refractivity contribution in [1.29, 1.82) is 5.26 Å². The zero-order valence-corrected chi connectivity index (χ0v) is 13.0. The number of aromatic nitrogens is 2. The Morgan fingerprint density at radius 2 is 2.21 bits per heavy atom. The Kier molecular flexibility index (Phi) is 4.28. The summed E-state index contributed by atoms with van der Waals surface area (Å²) in [5.74, 6) is 0.425. The van der Waals surface area contributed by atoms with Crippen molar-refractivity contribution in [2.24, 2.45) is 5.92 Å². The van der Waals surface area contributed by atoms with E-state index >= 15 is 0 Å². The zero-order valence-electron chi connectivity index (χ0n) is 10.7. The SMILES string of the molecule is CC(C)Cc1nn(-c2cccc(Br)c2)c(Cl)c1C#N. The quantitative estimate of drug-likeness (QED) is 0.834. The first-order valence-corrected chi connectivity index (χ1v) is 7.13. The van der Waals surface area contributed by atoms with Crippen LogP contribution in [-0.4, -0.2) is 9.78 Å². The average molecular weight is 339 g/mol. The molecule has 0 aliphatic rings. The molecule has 0 aliphatic carbocycles. The van der Waals surface area contributed by atoms with Crippen molar-refractivity contribution in [2.75, 3.05) is 0 Å². The van der Waals surface area contributed by atoms with Gasteiger partial charge in [-0.05, 0) is 30.5 Å². The zero-order chi connectivity index (χ0) is 14.0. The van der Waals surface area contributed by atoms with E-state index in [0.29, 0.717) is 16.6 Å². The second-order valence-electron chi connectivity index (χ2n) is 4.71. The first-order valence-electron chi connectivity index (χ1n) is 5.96. The molecular weight excluding hydrogens is 326 g/mol. The lowest BCUT2D eigenvalue weighted by Gasteiger charge is -2.03. The van der Waals surface area contributed by atoms with Gasteiger partial charge in [-0.3, -0.25) is 0 Å². The summed E-state index contributed by atoms with van der Waals surface area (Å²) in [5.41, 5.74) is 2.06. The van der Waals surface area contributed by atoms with Gasteiger partial charge in [-0.15, -0.1) is 0 Å². The van der Waals surface area contributed by atoms with Crippen LogP contribution < -0.4 is 0 Å². The first-order chi connectivity index (χ1) is 9.02. The van der Waals surface area contributed by atoms with Crippen molar-refractivity contribution in [2.45, 2.75) is 20.3 Å². The Morgan fingerprint density at radius 3 is 2.79 bits per heavy atom. The van der Waals surface area contributed by atoms with Crippen LogP contribution in [0.25, 0.3) is 5.69 Å². The molecule has 3 nitrogen and oxygen atoms in total. The first kappa shape index (κ1) is 14.1. The Hall–Kier alpha value is -1.31. The topological polar surface area (TPSA) is 41.6 Å². The fraction of sp³-hybridized carbons (Fsp3) is 0.286. The fourth-order valence-corrected chi connectivity index (χ4v) is 2.53. The molecular formula is C14H13BrClN3. The molecule has 0 atom stereocenters. The summed E-state index contributed by atoms with van der Waals surface area (Å²) in [6.45, 7) is 4.18. The highest BCUT2D eigenvalue weighted by Gasteiger charge is 2.18. The largest absolute Gasteiger partial charge is 0.220 e. The molecule has 1 aromatic carbocycles. The number of hydrogen-bond acceptors (Lipinski definition) is 2. The second kappa shape index (κ2) is 5.77. The van der Waals surface area contributed by atoms with Crippen LogP contribution in [0.4, 0.5) is 0 Å². The van der Waals surface area contributed by atoms with E-state index in [9.17, 15) is 5.26 Å². The molecule has 0 N–H and O–H groups in total. The smallest absolute Gasteiger partial charge is 0.150 e. The summed E-state index contributed by atoms with van der Waals surface area (Å²) in [7, 11) is 0. The van der Waals surface area contributed by atoms with E-state index in [-0.39, 0.29) is 0 Å². The Morgan fingerprint density at radius 1 is 1.47 bits per heavy atom. The van der Waals surface area contributed by atoms with Gasteiger partial charge in [-0.2, -0.15) is 10.4 Å². The van der Waals surface area contributed by atoms with Gasteiger partial charge in [0.05, 0.1) is 11.4 Å². The predicted octanol–water partition coefficient (Wildman–Crippen LogP) is 4.36. The maximum absolute atomic E-state index is 9.23. The standard InChI is InChI=1S/C14H13BrClN3/c1-9(2)6-13-12(8-17)14(16)19(18-13)11-5-3-4-10(15)7-11/h3-5,7,9H,6H2,1-2H3. The van der Waals surface area contributed by atoms with Gasteiger partial charge >= 0.3 is 0 Å². The molecule has 0 bridgehead atoms. The van der Waals surface area contributed by atoms with Crippen LogP contribution in [0, 0.1) is 17.2 Å². The molecule has 1 heterocycles. The van der Waals surface area contributed by atoms with Crippen LogP contribution in [0.5, 0.6) is 0 Å². The number of rotatable bonds is 3. The van der Waals surface area contributed by atoms with Crippen molar-refractivity contribution in [3.05, 3.63) is 45.1 Å². The monoisotopic (exact) mass is 337 g/mol. The summed E-state index contributed by atoms with van der Waals surface area (Å²) in [6, 6.07) is 9.81. The van der Waals surface area contributed by atoms with Gasteiger partial charge in [0.25, 0.3) is 0 Å². The van der Waals surface area contributed by atoms with Crippen molar-refractivity contribution in [3.8, 4) is 11.8 Å².